The Bertz CT molecular complexity index is 500. The molecule has 0 bridgehead atoms. The van der Waals surface area contributed by atoms with Crippen LogP contribution < -0.4 is 9.47 Å². The maximum atomic E-state index is 12.3. The first-order chi connectivity index (χ1) is 8.27. The van der Waals surface area contributed by atoms with Crippen LogP contribution in [-0.2, 0) is 0 Å². The molecule has 2 aromatic rings. The molecule has 0 radical (unpaired) electrons. The Morgan fingerprint density at radius 2 is 1.88 bits per heavy atom. The van der Waals surface area contributed by atoms with Crippen LogP contribution in [0.3, 0.4) is 0 Å². The third kappa shape index (κ3) is 2.14. The lowest BCUT2D eigenvalue weighted by Gasteiger charge is -2.10. The number of nitrogens with zero attached hydrogens (tertiary/aromatic N) is 1. The minimum absolute atomic E-state index is 0.137. The summed E-state index contributed by atoms with van der Waals surface area (Å²) in [6.45, 7) is 0. The number of aromatic nitrogens is 1. The lowest BCUT2D eigenvalue weighted by Crippen LogP contribution is -2.04. The lowest BCUT2D eigenvalue weighted by atomic mass is 10.1. The van der Waals surface area contributed by atoms with Gasteiger partial charge in [0.25, 0.3) is 0 Å². The lowest BCUT2D eigenvalue weighted by molar-refractivity contribution is 0.103. The minimum atomic E-state index is -0.137. The van der Waals surface area contributed by atoms with Crippen LogP contribution in [0, 0.1) is 0 Å². The number of hydrogen-bond donors (Lipinski definition) is 0. The molecule has 2 rings (SSSR count). The molecule has 0 atom stereocenters. The highest BCUT2D eigenvalue weighted by Gasteiger charge is 2.20. The van der Waals surface area contributed by atoms with Crippen LogP contribution in [0.1, 0.15) is 15.2 Å². The first-order valence-corrected chi connectivity index (χ1v) is 5.80. The molecule has 1 heterocycles. The van der Waals surface area contributed by atoms with Gasteiger partial charge in [0, 0.05) is 6.20 Å². The second-order valence-electron chi connectivity index (χ2n) is 3.23. The fourth-order valence-electron chi connectivity index (χ4n) is 1.53. The third-order valence-corrected chi connectivity index (χ3v) is 3.08. The van der Waals surface area contributed by atoms with Crippen LogP contribution in [0.15, 0.2) is 29.9 Å². The molecule has 0 saturated carbocycles. The first kappa shape index (κ1) is 11.6. The van der Waals surface area contributed by atoms with Gasteiger partial charge in [-0.3, -0.25) is 9.78 Å². The third-order valence-electron chi connectivity index (χ3n) is 2.31. The molecule has 0 N–H and O–H groups in total. The molecule has 0 fully saturated rings. The SMILES string of the molecule is COc1cccc(OC)c1C(=O)c1cncs1. The van der Waals surface area contributed by atoms with Crippen molar-refractivity contribution in [3.8, 4) is 11.5 Å². The van der Waals surface area contributed by atoms with Crippen LogP contribution in [0.2, 0.25) is 0 Å². The second kappa shape index (κ2) is 4.97. The van der Waals surface area contributed by atoms with Crippen molar-refractivity contribution in [2.45, 2.75) is 0 Å². The number of benzene rings is 1. The van der Waals surface area contributed by atoms with Crippen LogP contribution in [0.5, 0.6) is 11.5 Å². The number of carbonyl (C=O) groups excluding carboxylic acids is 1. The van der Waals surface area contributed by atoms with E-state index in [-0.39, 0.29) is 5.78 Å². The van der Waals surface area contributed by atoms with Gasteiger partial charge in [-0.1, -0.05) is 6.07 Å². The zero-order chi connectivity index (χ0) is 12.3. The molecule has 0 aliphatic heterocycles. The molecule has 5 heteroatoms. The number of rotatable bonds is 4. The molecule has 1 aromatic carbocycles. The van der Waals surface area contributed by atoms with Crippen molar-refractivity contribution in [2.24, 2.45) is 0 Å². The van der Waals surface area contributed by atoms with Gasteiger partial charge in [-0.2, -0.15) is 0 Å². The van der Waals surface area contributed by atoms with E-state index in [1.165, 1.54) is 25.6 Å². The summed E-state index contributed by atoms with van der Waals surface area (Å²) in [7, 11) is 3.05. The van der Waals surface area contributed by atoms with Gasteiger partial charge in [-0.05, 0) is 12.1 Å². The van der Waals surface area contributed by atoms with E-state index in [1.54, 1.807) is 29.9 Å². The second-order valence-corrected chi connectivity index (χ2v) is 4.12. The van der Waals surface area contributed by atoms with E-state index in [0.29, 0.717) is 21.9 Å². The Kier molecular flexibility index (Phi) is 3.39. The van der Waals surface area contributed by atoms with Crippen LogP contribution >= 0.6 is 11.3 Å². The quantitative estimate of drug-likeness (QED) is 0.781. The number of ether oxygens (including phenoxy) is 2. The standard InChI is InChI=1S/C12H11NO3S/c1-15-8-4-3-5-9(16-2)11(8)12(14)10-6-13-7-17-10/h3-7H,1-2H3. The molecule has 17 heavy (non-hydrogen) atoms. The van der Waals surface area contributed by atoms with Crippen molar-refractivity contribution >= 4 is 17.1 Å². The highest BCUT2D eigenvalue weighted by Crippen LogP contribution is 2.31. The molecule has 0 amide bonds. The largest absolute Gasteiger partial charge is 0.496 e. The van der Waals surface area contributed by atoms with Gasteiger partial charge in [0.15, 0.2) is 0 Å². The molecular formula is C12H11NO3S. The molecule has 0 saturated heterocycles. The molecule has 0 spiro atoms. The van der Waals surface area contributed by atoms with Crippen molar-refractivity contribution in [1.82, 2.24) is 4.98 Å². The average molecular weight is 249 g/mol. The summed E-state index contributed by atoms with van der Waals surface area (Å²) in [6, 6.07) is 5.24. The maximum absolute atomic E-state index is 12.3. The number of hydrogen-bond acceptors (Lipinski definition) is 5. The van der Waals surface area contributed by atoms with Gasteiger partial charge >= 0.3 is 0 Å². The van der Waals surface area contributed by atoms with E-state index in [0.717, 1.165) is 0 Å². The van der Waals surface area contributed by atoms with E-state index < -0.39 is 0 Å². The number of thiazole rings is 1. The maximum Gasteiger partial charge on any atom is 0.212 e. The van der Waals surface area contributed by atoms with Gasteiger partial charge in [0.1, 0.15) is 17.1 Å². The van der Waals surface area contributed by atoms with E-state index in [1.807, 2.05) is 0 Å². The molecule has 0 aliphatic rings. The molecule has 0 aliphatic carbocycles. The van der Waals surface area contributed by atoms with Crippen LogP contribution in [0.25, 0.3) is 0 Å². The molecular weight excluding hydrogens is 238 g/mol. The van der Waals surface area contributed by atoms with Crippen molar-refractivity contribution < 1.29 is 14.3 Å². The van der Waals surface area contributed by atoms with E-state index in [2.05, 4.69) is 4.98 Å². The summed E-state index contributed by atoms with van der Waals surface area (Å²) in [4.78, 5) is 16.7. The van der Waals surface area contributed by atoms with Gasteiger partial charge in [0.05, 0.1) is 24.6 Å². The smallest absolute Gasteiger partial charge is 0.212 e. The van der Waals surface area contributed by atoms with Crippen LogP contribution in [-0.4, -0.2) is 25.0 Å². The first-order valence-electron chi connectivity index (χ1n) is 4.92. The van der Waals surface area contributed by atoms with Crippen LogP contribution in [0.4, 0.5) is 0 Å². The van der Waals surface area contributed by atoms with Crippen molar-refractivity contribution in [3.05, 3.63) is 40.3 Å². The Labute approximate surface area is 103 Å². The van der Waals surface area contributed by atoms with Gasteiger partial charge < -0.3 is 9.47 Å². The predicted octanol–water partition coefficient (Wildman–Crippen LogP) is 2.39. The summed E-state index contributed by atoms with van der Waals surface area (Å²) in [5.41, 5.74) is 2.05. The average Bonchev–Trinajstić information content (AvgIpc) is 2.90. The summed E-state index contributed by atoms with van der Waals surface area (Å²) in [5, 5.41) is 0. The van der Waals surface area contributed by atoms with E-state index in [9.17, 15) is 4.79 Å². The van der Waals surface area contributed by atoms with Crippen molar-refractivity contribution in [2.75, 3.05) is 14.2 Å². The Balaban J connectivity index is 2.53. The molecule has 1 aromatic heterocycles. The molecule has 4 nitrogen and oxygen atoms in total. The molecule has 0 unspecified atom stereocenters. The van der Waals surface area contributed by atoms with Gasteiger partial charge in [0.2, 0.25) is 5.78 Å². The normalized spacial score (nSPS) is 10.0. The zero-order valence-corrected chi connectivity index (χ0v) is 10.3. The Morgan fingerprint density at radius 1 is 1.24 bits per heavy atom. The minimum Gasteiger partial charge on any atom is -0.496 e. The molecule has 88 valence electrons. The van der Waals surface area contributed by atoms with E-state index >= 15 is 0 Å². The number of carbonyl (C=O) groups is 1. The van der Waals surface area contributed by atoms with Crippen molar-refractivity contribution in [1.29, 1.82) is 0 Å². The monoisotopic (exact) mass is 249 g/mol. The van der Waals surface area contributed by atoms with Gasteiger partial charge in [-0.15, -0.1) is 11.3 Å². The highest BCUT2D eigenvalue weighted by atomic mass is 32.1. The highest BCUT2D eigenvalue weighted by molar-refractivity contribution is 7.12. The Hall–Kier alpha value is -1.88. The summed E-state index contributed by atoms with van der Waals surface area (Å²) in [5.74, 6) is 0.868. The number of methoxy groups -OCH3 is 2. The summed E-state index contributed by atoms with van der Waals surface area (Å²) in [6.07, 6.45) is 1.54. The van der Waals surface area contributed by atoms with E-state index in [4.69, 9.17) is 9.47 Å². The Morgan fingerprint density at radius 3 is 2.35 bits per heavy atom. The van der Waals surface area contributed by atoms with Gasteiger partial charge in [-0.25, -0.2) is 0 Å². The predicted molar refractivity (Wildman–Crippen MR) is 65.1 cm³/mol. The zero-order valence-electron chi connectivity index (χ0n) is 9.47. The number of ketones is 1. The summed E-state index contributed by atoms with van der Waals surface area (Å²) >= 11 is 1.29. The van der Waals surface area contributed by atoms with Crippen molar-refractivity contribution in [3.63, 3.8) is 0 Å². The topological polar surface area (TPSA) is 48.4 Å². The fraction of sp³-hybridized carbons (Fsp3) is 0.167. The fourth-order valence-corrected chi connectivity index (χ4v) is 2.09. The summed E-state index contributed by atoms with van der Waals surface area (Å²) < 4.78 is 10.4.